The molecule has 0 radical (unpaired) electrons. The molecule has 2 aliphatic rings. The predicted molar refractivity (Wildman–Crippen MR) is 135 cm³/mol. The monoisotopic (exact) mass is 464 g/mol. The number of hydrogen-bond acceptors (Lipinski definition) is 7. The van der Waals surface area contributed by atoms with Gasteiger partial charge in [-0.15, -0.1) is 11.3 Å². The van der Waals surface area contributed by atoms with E-state index >= 15 is 0 Å². The van der Waals surface area contributed by atoms with Crippen molar-refractivity contribution in [3.8, 4) is 11.4 Å². The van der Waals surface area contributed by atoms with Crippen LogP contribution in [0, 0.1) is 0 Å². The fraction of sp³-hybridized carbons (Fsp3) is 0.417. The molecule has 1 aliphatic carbocycles. The summed E-state index contributed by atoms with van der Waals surface area (Å²) in [5.41, 5.74) is 4.78. The Morgan fingerprint density at radius 1 is 1.12 bits per heavy atom. The third kappa shape index (κ3) is 3.70. The zero-order chi connectivity index (χ0) is 22.5. The first-order chi connectivity index (χ1) is 16.1. The van der Waals surface area contributed by atoms with Gasteiger partial charge in [-0.3, -0.25) is 4.79 Å². The number of likely N-dealkylation sites (N-methyl/N-ethyl adjacent to an activating group) is 1. The molecule has 3 aromatic heterocycles. The van der Waals surface area contributed by atoms with Crippen molar-refractivity contribution in [2.75, 3.05) is 43.4 Å². The summed E-state index contributed by atoms with van der Waals surface area (Å²) in [7, 11) is 2.15. The van der Waals surface area contributed by atoms with Crippen molar-refractivity contribution in [2.45, 2.75) is 31.4 Å². The minimum absolute atomic E-state index is 0.0677. The summed E-state index contributed by atoms with van der Waals surface area (Å²) in [5, 5.41) is 18.8. The number of imidazole rings is 1. The molecule has 172 valence electrons. The lowest BCUT2D eigenvalue weighted by atomic mass is 10.1. The second-order valence-corrected chi connectivity index (χ2v) is 9.97. The van der Waals surface area contributed by atoms with Gasteiger partial charge in [-0.2, -0.15) is 0 Å². The summed E-state index contributed by atoms with van der Waals surface area (Å²) in [5.74, 6) is 0.546. The Kier molecular flexibility index (Phi) is 5.12. The Labute approximate surface area is 195 Å². The molecule has 0 spiro atoms. The number of H-pyrrole nitrogens is 2. The fourth-order valence-corrected chi connectivity index (χ4v) is 5.84. The van der Waals surface area contributed by atoms with Crippen LogP contribution in [-0.2, 0) is 0 Å². The smallest absolute Gasteiger partial charge is 0.261 e. The standard InChI is InChI=1S/C24H28N6O2S/c1-29-7-9-30(10-8-29)14-5-6-16-18(11-14)27-23(26-16)21-22(25-17-3-2-4-20(17)31)15-12-33-13-19(15)28-24(21)32/h5-6,11-13,17,20,25,31H,2-4,7-10H2,1H3,(H,26,27)(H,28,32)/t17?,20-/m1/s1. The molecule has 1 unspecified atom stereocenters. The molecule has 1 aromatic carbocycles. The highest BCUT2D eigenvalue weighted by molar-refractivity contribution is 7.09. The van der Waals surface area contributed by atoms with E-state index < -0.39 is 6.10 Å². The average molecular weight is 465 g/mol. The molecule has 1 aliphatic heterocycles. The molecule has 2 atom stereocenters. The van der Waals surface area contributed by atoms with Gasteiger partial charge in [0.2, 0.25) is 0 Å². The van der Waals surface area contributed by atoms with E-state index in [1.807, 2.05) is 16.8 Å². The third-order valence-corrected chi connectivity index (χ3v) is 7.78. The fourth-order valence-electron chi connectivity index (χ4n) is 5.07. The Hall–Kier alpha value is -2.88. The van der Waals surface area contributed by atoms with Crippen molar-refractivity contribution in [3.05, 3.63) is 39.3 Å². The molecule has 33 heavy (non-hydrogen) atoms. The van der Waals surface area contributed by atoms with Crippen molar-refractivity contribution in [2.24, 2.45) is 0 Å². The highest BCUT2D eigenvalue weighted by Crippen LogP contribution is 2.35. The second kappa shape index (κ2) is 8.16. The minimum atomic E-state index is -0.410. The number of piperazine rings is 1. The van der Waals surface area contributed by atoms with E-state index in [-0.39, 0.29) is 11.6 Å². The van der Waals surface area contributed by atoms with Crippen LogP contribution in [0.5, 0.6) is 0 Å². The number of aromatic nitrogens is 3. The molecule has 0 bridgehead atoms. The Balaban J connectivity index is 1.43. The number of thiophene rings is 1. The zero-order valence-electron chi connectivity index (χ0n) is 18.6. The number of pyridine rings is 1. The van der Waals surface area contributed by atoms with Crippen molar-refractivity contribution in [1.82, 2.24) is 19.9 Å². The lowest BCUT2D eigenvalue weighted by molar-refractivity contribution is 0.172. The van der Waals surface area contributed by atoms with Crippen LogP contribution in [0.15, 0.2) is 33.8 Å². The number of aromatic amines is 2. The maximum absolute atomic E-state index is 13.2. The number of anilines is 2. The number of nitrogens with one attached hydrogen (secondary N) is 3. The summed E-state index contributed by atoms with van der Waals surface area (Å²) in [6.07, 6.45) is 2.23. The van der Waals surface area contributed by atoms with Crippen LogP contribution < -0.4 is 15.8 Å². The second-order valence-electron chi connectivity index (χ2n) is 9.23. The van der Waals surface area contributed by atoms with E-state index in [2.05, 4.69) is 44.3 Å². The van der Waals surface area contributed by atoms with Crippen LogP contribution in [0.2, 0.25) is 0 Å². The zero-order valence-corrected chi connectivity index (χ0v) is 19.4. The summed E-state index contributed by atoms with van der Waals surface area (Å²) >= 11 is 1.55. The van der Waals surface area contributed by atoms with Gasteiger partial charge in [0.25, 0.3) is 5.56 Å². The number of rotatable bonds is 4. The highest BCUT2D eigenvalue weighted by atomic mass is 32.1. The van der Waals surface area contributed by atoms with E-state index in [1.165, 1.54) is 5.69 Å². The van der Waals surface area contributed by atoms with Gasteiger partial charge >= 0.3 is 0 Å². The number of fused-ring (bicyclic) bond motifs is 2. The molecule has 2 fully saturated rings. The topological polar surface area (TPSA) is 100 Å². The molecule has 8 nitrogen and oxygen atoms in total. The lowest BCUT2D eigenvalue weighted by Crippen LogP contribution is -2.44. The minimum Gasteiger partial charge on any atom is -0.391 e. The number of aliphatic hydroxyl groups excluding tert-OH is 1. The number of nitrogens with zero attached hydrogens (tertiary/aromatic N) is 3. The van der Waals surface area contributed by atoms with Crippen LogP contribution in [0.4, 0.5) is 11.4 Å². The summed E-state index contributed by atoms with van der Waals surface area (Å²) in [6.45, 7) is 4.08. The van der Waals surface area contributed by atoms with E-state index in [4.69, 9.17) is 4.98 Å². The Bertz CT molecular complexity index is 1370. The largest absolute Gasteiger partial charge is 0.391 e. The van der Waals surface area contributed by atoms with Crippen LogP contribution in [-0.4, -0.2) is 70.3 Å². The summed E-state index contributed by atoms with van der Waals surface area (Å²) in [4.78, 5) is 29.1. The molecule has 4 heterocycles. The van der Waals surface area contributed by atoms with Crippen molar-refractivity contribution < 1.29 is 5.11 Å². The molecule has 1 saturated heterocycles. The first kappa shape index (κ1) is 20.7. The molecule has 0 amide bonds. The summed E-state index contributed by atoms with van der Waals surface area (Å²) in [6, 6.07) is 6.19. The van der Waals surface area contributed by atoms with Crippen molar-refractivity contribution in [1.29, 1.82) is 0 Å². The molecule has 4 aromatic rings. The van der Waals surface area contributed by atoms with E-state index in [0.29, 0.717) is 11.4 Å². The van der Waals surface area contributed by atoms with Gasteiger partial charge in [-0.25, -0.2) is 4.98 Å². The van der Waals surface area contributed by atoms with Gasteiger partial charge in [0.1, 0.15) is 11.4 Å². The van der Waals surface area contributed by atoms with Gasteiger partial charge in [0, 0.05) is 48.0 Å². The van der Waals surface area contributed by atoms with Crippen molar-refractivity contribution >= 4 is 44.6 Å². The molecular formula is C24H28N6O2S. The van der Waals surface area contributed by atoms with Gasteiger partial charge in [0.05, 0.1) is 34.4 Å². The number of hydrogen-bond donors (Lipinski definition) is 4. The van der Waals surface area contributed by atoms with Crippen LogP contribution in [0.1, 0.15) is 19.3 Å². The third-order valence-electron chi connectivity index (χ3n) is 7.04. The van der Waals surface area contributed by atoms with Crippen molar-refractivity contribution in [3.63, 3.8) is 0 Å². The number of benzene rings is 1. The van der Waals surface area contributed by atoms with Crippen LogP contribution >= 0.6 is 11.3 Å². The van der Waals surface area contributed by atoms with Gasteiger partial charge in [-0.1, -0.05) is 0 Å². The maximum Gasteiger partial charge on any atom is 0.261 e. The van der Waals surface area contributed by atoms with E-state index in [0.717, 1.165) is 73.1 Å². The Morgan fingerprint density at radius 3 is 2.76 bits per heavy atom. The van der Waals surface area contributed by atoms with Gasteiger partial charge in [-0.05, 0) is 44.5 Å². The quantitative estimate of drug-likeness (QED) is 0.370. The normalized spacial score (nSPS) is 21.9. The lowest BCUT2D eigenvalue weighted by Gasteiger charge is -2.34. The van der Waals surface area contributed by atoms with E-state index in [1.54, 1.807) is 11.3 Å². The molecule has 9 heteroatoms. The molecular weight excluding hydrogens is 436 g/mol. The predicted octanol–water partition coefficient (Wildman–Crippen LogP) is 3.21. The van der Waals surface area contributed by atoms with Gasteiger partial charge in [0.15, 0.2) is 0 Å². The Morgan fingerprint density at radius 2 is 1.97 bits per heavy atom. The average Bonchev–Trinajstić information content (AvgIpc) is 3.53. The first-order valence-electron chi connectivity index (χ1n) is 11.6. The first-order valence-corrected chi connectivity index (χ1v) is 12.5. The molecule has 6 rings (SSSR count). The maximum atomic E-state index is 13.2. The number of aliphatic hydroxyl groups is 1. The summed E-state index contributed by atoms with van der Waals surface area (Å²) < 4.78 is 0. The van der Waals surface area contributed by atoms with Gasteiger partial charge < -0.3 is 30.2 Å². The highest BCUT2D eigenvalue weighted by Gasteiger charge is 2.28. The molecule has 1 saturated carbocycles. The van der Waals surface area contributed by atoms with Crippen LogP contribution in [0.3, 0.4) is 0 Å². The SMILES string of the molecule is CN1CCN(c2ccc3nc(-c4c(NC5CCC[C@H]5O)c5cscc5[nH]c4=O)[nH]c3c2)CC1. The van der Waals surface area contributed by atoms with E-state index in [9.17, 15) is 9.90 Å². The van der Waals surface area contributed by atoms with Crippen LogP contribution in [0.25, 0.3) is 33.3 Å². The molecule has 4 N–H and O–H groups in total.